The number of nitro benzene ring substituents is 1. The number of rotatable bonds is 6. The maximum Gasteiger partial charge on any atom is 0.293 e. The Morgan fingerprint density at radius 1 is 1.21 bits per heavy atom. The molecule has 3 rings (SSSR count). The fourth-order valence-electron chi connectivity index (χ4n) is 4.02. The molecular weight excluding hydrogens is 360 g/mol. The van der Waals surface area contributed by atoms with Crippen molar-refractivity contribution in [1.29, 1.82) is 0 Å². The molecule has 8 heteroatoms. The number of hydrogen-bond acceptors (Lipinski definition) is 5. The average molecular weight is 388 g/mol. The quantitative estimate of drug-likeness (QED) is 0.576. The number of hydrogen-bond donors (Lipinski definition) is 2. The molecule has 1 aromatic carbocycles. The lowest BCUT2D eigenvalue weighted by molar-refractivity contribution is -0.384. The second-order valence-electron chi connectivity index (χ2n) is 8.01. The van der Waals surface area contributed by atoms with Crippen molar-refractivity contribution in [2.75, 3.05) is 18.4 Å². The number of anilines is 1. The van der Waals surface area contributed by atoms with Gasteiger partial charge in [0.1, 0.15) is 5.69 Å². The summed E-state index contributed by atoms with van der Waals surface area (Å²) in [5.41, 5.74) is 0.513. The predicted molar refractivity (Wildman–Crippen MR) is 106 cm³/mol. The van der Waals surface area contributed by atoms with Crippen LogP contribution in [-0.2, 0) is 4.79 Å². The number of carbonyl (C=O) groups excluding carboxylic acids is 2. The van der Waals surface area contributed by atoms with Crippen molar-refractivity contribution in [3.63, 3.8) is 0 Å². The molecular formula is C20H28N4O4. The molecule has 1 saturated carbocycles. The molecule has 1 unspecified atom stereocenters. The minimum Gasteiger partial charge on any atom is -0.375 e. The van der Waals surface area contributed by atoms with Crippen LogP contribution in [0.5, 0.6) is 0 Å². The summed E-state index contributed by atoms with van der Waals surface area (Å²) in [6, 6.07) is 4.39. The van der Waals surface area contributed by atoms with Crippen LogP contribution in [0.3, 0.4) is 0 Å². The van der Waals surface area contributed by atoms with Gasteiger partial charge in [-0.3, -0.25) is 19.7 Å². The van der Waals surface area contributed by atoms with Crippen LogP contribution >= 0.6 is 0 Å². The molecule has 1 atom stereocenters. The summed E-state index contributed by atoms with van der Waals surface area (Å²) in [5.74, 6) is 0.0303. The number of nitrogens with one attached hydrogen (secondary N) is 2. The van der Waals surface area contributed by atoms with Crippen LogP contribution < -0.4 is 10.6 Å². The van der Waals surface area contributed by atoms with Crippen LogP contribution in [0.4, 0.5) is 11.4 Å². The van der Waals surface area contributed by atoms with Gasteiger partial charge in [0.2, 0.25) is 5.91 Å². The molecule has 152 valence electrons. The summed E-state index contributed by atoms with van der Waals surface area (Å²) in [4.78, 5) is 37.6. The summed E-state index contributed by atoms with van der Waals surface area (Å²) in [5, 5.41) is 17.5. The Kier molecular flexibility index (Phi) is 6.16. The maximum absolute atomic E-state index is 12.6. The van der Waals surface area contributed by atoms with Gasteiger partial charge in [0.25, 0.3) is 11.6 Å². The predicted octanol–water partition coefficient (Wildman–Crippen LogP) is 2.94. The summed E-state index contributed by atoms with van der Waals surface area (Å²) >= 11 is 0. The van der Waals surface area contributed by atoms with Crippen LogP contribution in [0.2, 0.25) is 0 Å². The van der Waals surface area contributed by atoms with E-state index in [1.54, 1.807) is 12.1 Å². The summed E-state index contributed by atoms with van der Waals surface area (Å²) < 4.78 is 0. The Bertz CT molecular complexity index is 759. The third-order valence-electron chi connectivity index (χ3n) is 5.44. The molecule has 0 radical (unpaired) electrons. The van der Waals surface area contributed by atoms with E-state index in [-0.39, 0.29) is 41.1 Å². The van der Waals surface area contributed by atoms with E-state index in [1.807, 2.05) is 18.7 Å². The third-order valence-corrected chi connectivity index (χ3v) is 5.44. The van der Waals surface area contributed by atoms with Gasteiger partial charge < -0.3 is 15.5 Å². The zero-order valence-electron chi connectivity index (χ0n) is 16.4. The lowest BCUT2D eigenvalue weighted by Gasteiger charge is -2.21. The van der Waals surface area contributed by atoms with E-state index in [0.29, 0.717) is 18.8 Å². The molecule has 2 fully saturated rings. The lowest BCUT2D eigenvalue weighted by Crippen LogP contribution is -2.35. The molecule has 28 heavy (non-hydrogen) atoms. The van der Waals surface area contributed by atoms with Crippen molar-refractivity contribution in [2.24, 2.45) is 5.92 Å². The topological polar surface area (TPSA) is 105 Å². The standard InChI is InChI=1S/C20H28N4O4/c1-13(2)21-19(25)15-7-8-17(18(11-15)24(27)28)22-16-9-10-23(12-16)20(26)14-5-3-4-6-14/h7-8,11,13-14,16,22H,3-6,9-10,12H2,1-2H3,(H,21,25). The second kappa shape index (κ2) is 8.58. The first-order valence-electron chi connectivity index (χ1n) is 9.99. The molecule has 0 aromatic heterocycles. The van der Waals surface area contributed by atoms with Crippen molar-refractivity contribution >= 4 is 23.2 Å². The van der Waals surface area contributed by atoms with Gasteiger partial charge in [0.15, 0.2) is 0 Å². The van der Waals surface area contributed by atoms with Gasteiger partial charge >= 0.3 is 0 Å². The van der Waals surface area contributed by atoms with E-state index in [2.05, 4.69) is 10.6 Å². The van der Waals surface area contributed by atoms with Gasteiger partial charge in [0, 0.05) is 42.7 Å². The molecule has 8 nitrogen and oxygen atoms in total. The molecule has 2 N–H and O–H groups in total. The third kappa shape index (κ3) is 4.61. The number of nitro groups is 1. The fraction of sp³-hybridized carbons (Fsp3) is 0.600. The Labute approximate surface area is 164 Å². The smallest absolute Gasteiger partial charge is 0.293 e. The van der Waals surface area contributed by atoms with Gasteiger partial charge in [-0.15, -0.1) is 0 Å². The first-order valence-corrected chi connectivity index (χ1v) is 9.99. The van der Waals surface area contributed by atoms with Crippen LogP contribution in [0.1, 0.15) is 56.3 Å². The van der Waals surface area contributed by atoms with Crippen molar-refractivity contribution in [1.82, 2.24) is 10.2 Å². The highest BCUT2D eigenvalue weighted by Crippen LogP contribution is 2.30. The first-order chi connectivity index (χ1) is 13.3. The fourth-order valence-corrected chi connectivity index (χ4v) is 4.02. The zero-order valence-corrected chi connectivity index (χ0v) is 16.4. The van der Waals surface area contributed by atoms with E-state index in [9.17, 15) is 19.7 Å². The number of amides is 2. The van der Waals surface area contributed by atoms with E-state index >= 15 is 0 Å². The number of carbonyl (C=O) groups is 2. The van der Waals surface area contributed by atoms with Gasteiger partial charge in [-0.2, -0.15) is 0 Å². The van der Waals surface area contributed by atoms with Gasteiger partial charge in [-0.25, -0.2) is 0 Å². The zero-order chi connectivity index (χ0) is 20.3. The maximum atomic E-state index is 12.6. The summed E-state index contributed by atoms with van der Waals surface area (Å²) in [6.07, 6.45) is 4.94. The minimum absolute atomic E-state index is 0.0283. The Hall–Kier alpha value is -2.64. The summed E-state index contributed by atoms with van der Waals surface area (Å²) in [6.45, 7) is 4.90. The highest BCUT2D eigenvalue weighted by molar-refractivity contribution is 5.95. The van der Waals surface area contributed by atoms with E-state index in [1.165, 1.54) is 6.07 Å². The summed E-state index contributed by atoms with van der Waals surface area (Å²) in [7, 11) is 0. The largest absolute Gasteiger partial charge is 0.375 e. The van der Waals surface area contributed by atoms with Crippen LogP contribution in [-0.4, -0.2) is 46.8 Å². The Morgan fingerprint density at radius 3 is 2.57 bits per heavy atom. The number of nitrogens with zero attached hydrogens (tertiary/aromatic N) is 2. The van der Waals surface area contributed by atoms with Crippen molar-refractivity contribution in [3.05, 3.63) is 33.9 Å². The molecule has 0 spiro atoms. The molecule has 1 aliphatic heterocycles. The van der Waals surface area contributed by atoms with Gasteiger partial charge in [-0.1, -0.05) is 12.8 Å². The highest BCUT2D eigenvalue weighted by atomic mass is 16.6. The SMILES string of the molecule is CC(C)NC(=O)c1ccc(NC2CCN(C(=O)C3CCCC3)C2)c([N+](=O)[O-])c1. The van der Waals surface area contributed by atoms with Crippen molar-refractivity contribution in [3.8, 4) is 0 Å². The Balaban J connectivity index is 1.67. The van der Waals surface area contributed by atoms with Crippen LogP contribution in [0.25, 0.3) is 0 Å². The molecule has 1 aromatic rings. The molecule has 2 aliphatic rings. The highest BCUT2D eigenvalue weighted by Gasteiger charge is 2.33. The molecule has 0 bridgehead atoms. The molecule has 1 heterocycles. The number of benzene rings is 1. The Morgan fingerprint density at radius 2 is 1.93 bits per heavy atom. The second-order valence-corrected chi connectivity index (χ2v) is 8.01. The van der Waals surface area contributed by atoms with E-state index in [4.69, 9.17) is 0 Å². The normalized spacial score (nSPS) is 19.8. The minimum atomic E-state index is -0.481. The molecule has 1 saturated heterocycles. The van der Waals surface area contributed by atoms with E-state index in [0.717, 1.165) is 32.1 Å². The first kappa shape index (κ1) is 20.1. The average Bonchev–Trinajstić information content (AvgIpc) is 3.32. The van der Waals surface area contributed by atoms with Crippen LogP contribution in [0.15, 0.2) is 18.2 Å². The van der Waals surface area contributed by atoms with Crippen molar-refractivity contribution in [2.45, 2.75) is 58.0 Å². The molecule has 2 amide bonds. The lowest BCUT2D eigenvalue weighted by atomic mass is 10.1. The molecule has 1 aliphatic carbocycles. The van der Waals surface area contributed by atoms with Crippen LogP contribution in [0, 0.1) is 16.0 Å². The van der Waals surface area contributed by atoms with E-state index < -0.39 is 4.92 Å². The van der Waals surface area contributed by atoms with Gasteiger partial charge in [-0.05, 0) is 45.2 Å². The monoisotopic (exact) mass is 388 g/mol. The van der Waals surface area contributed by atoms with Gasteiger partial charge in [0.05, 0.1) is 4.92 Å². The van der Waals surface area contributed by atoms with Crippen molar-refractivity contribution < 1.29 is 14.5 Å². The number of likely N-dealkylation sites (tertiary alicyclic amines) is 1.